The second-order valence-corrected chi connectivity index (χ2v) is 2.80. The molecule has 0 aliphatic carbocycles. The minimum Gasteiger partial charge on any atom is -0.286 e. The maximum Gasteiger partial charge on any atom is 0.160 e. The van der Waals surface area contributed by atoms with E-state index < -0.39 is 0 Å². The average molecular weight is 161 g/mol. The second-order valence-electron chi connectivity index (χ2n) is 2.80. The lowest BCUT2D eigenvalue weighted by Crippen LogP contribution is -1.92. The van der Waals surface area contributed by atoms with Crippen molar-refractivity contribution in [1.29, 1.82) is 0 Å². The zero-order chi connectivity index (χ0) is 8.39. The van der Waals surface area contributed by atoms with Gasteiger partial charge in [-0.15, -0.1) is 10.2 Å². The summed E-state index contributed by atoms with van der Waals surface area (Å²) in [5.74, 6) is 1.05. The van der Waals surface area contributed by atoms with Gasteiger partial charge in [0.1, 0.15) is 5.82 Å². The van der Waals surface area contributed by atoms with Crippen molar-refractivity contribution in [2.75, 3.05) is 0 Å². The first kappa shape index (κ1) is 7.28. The number of hydrogen-bond donors (Lipinski definition) is 0. The molecule has 0 spiro atoms. The van der Waals surface area contributed by atoms with Crippen LogP contribution >= 0.6 is 0 Å². The maximum absolute atomic E-state index is 4.10. The molecule has 0 aliphatic rings. The van der Waals surface area contributed by atoms with Crippen molar-refractivity contribution in [2.45, 2.75) is 19.8 Å². The van der Waals surface area contributed by atoms with Crippen LogP contribution in [0.5, 0.6) is 0 Å². The SMILES string of the molecule is CCCc1nnc2ccccn12. The molecule has 2 aromatic heterocycles. The van der Waals surface area contributed by atoms with Crippen LogP contribution in [0, 0.1) is 0 Å². The molecule has 2 aromatic rings. The van der Waals surface area contributed by atoms with Gasteiger partial charge in [0.2, 0.25) is 0 Å². The Hall–Kier alpha value is -1.38. The van der Waals surface area contributed by atoms with Crippen molar-refractivity contribution < 1.29 is 0 Å². The van der Waals surface area contributed by atoms with Gasteiger partial charge in [-0.05, 0) is 18.6 Å². The summed E-state index contributed by atoms with van der Waals surface area (Å²) in [5.41, 5.74) is 0.931. The molecule has 0 fully saturated rings. The molecule has 3 heteroatoms. The van der Waals surface area contributed by atoms with Crippen LogP contribution in [0.3, 0.4) is 0 Å². The first-order valence-corrected chi connectivity index (χ1v) is 4.20. The van der Waals surface area contributed by atoms with E-state index in [4.69, 9.17) is 0 Å². The Kier molecular flexibility index (Phi) is 1.78. The predicted octanol–water partition coefficient (Wildman–Crippen LogP) is 1.68. The van der Waals surface area contributed by atoms with Crippen LogP contribution in [0.1, 0.15) is 19.2 Å². The van der Waals surface area contributed by atoms with Gasteiger partial charge in [0.25, 0.3) is 0 Å². The van der Waals surface area contributed by atoms with Crippen LogP contribution < -0.4 is 0 Å². The molecular weight excluding hydrogens is 150 g/mol. The van der Waals surface area contributed by atoms with Crippen molar-refractivity contribution in [3.05, 3.63) is 30.2 Å². The number of aryl methyl sites for hydroxylation is 1. The summed E-state index contributed by atoms with van der Waals surface area (Å²) >= 11 is 0. The fourth-order valence-corrected chi connectivity index (χ4v) is 1.29. The zero-order valence-electron chi connectivity index (χ0n) is 7.07. The second kappa shape index (κ2) is 2.93. The van der Waals surface area contributed by atoms with Crippen LogP contribution in [-0.4, -0.2) is 14.6 Å². The van der Waals surface area contributed by atoms with Gasteiger partial charge < -0.3 is 0 Å². The number of hydrogen-bond acceptors (Lipinski definition) is 2. The lowest BCUT2D eigenvalue weighted by atomic mass is 10.3. The minimum absolute atomic E-state index is 0.931. The normalized spacial score (nSPS) is 10.8. The van der Waals surface area contributed by atoms with Crippen LogP contribution in [-0.2, 0) is 6.42 Å². The lowest BCUT2D eigenvalue weighted by molar-refractivity contribution is 0.818. The molecule has 0 saturated heterocycles. The van der Waals surface area contributed by atoms with E-state index in [1.54, 1.807) is 0 Å². The summed E-state index contributed by atoms with van der Waals surface area (Å²) in [6.07, 6.45) is 4.10. The molecule has 2 heterocycles. The zero-order valence-corrected chi connectivity index (χ0v) is 7.07. The van der Waals surface area contributed by atoms with E-state index in [0.717, 1.165) is 24.3 Å². The predicted molar refractivity (Wildman–Crippen MR) is 47.0 cm³/mol. The van der Waals surface area contributed by atoms with Crippen molar-refractivity contribution in [1.82, 2.24) is 14.6 Å². The summed E-state index contributed by atoms with van der Waals surface area (Å²) < 4.78 is 2.03. The van der Waals surface area contributed by atoms with E-state index in [0.29, 0.717) is 0 Å². The molecule has 0 aliphatic heterocycles. The quantitative estimate of drug-likeness (QED) is 0.670. The number of fused-ring (bicyclic) bond motifs is 1. The Labute approximate surface area is 71.1 Å². The van der Waals surface area contributed by atoms with Crippen LogP contribution in [0.2, 0.25) is 0 Å². The van der Waals surface area contributed by atoms with Gasteiger partial charge in [0, 0.05) is 12.6 Å². The first-order chi connectivity index (χ1) is 5.92. The van der Waals surface area contributed by atoms with Gasteiger partial charge >= 0.3 is 0 Å². The highest BCUT2D eigenvalue weighted by Crippen LogP contribution is 2.04. The molecule has 0 N–H and O–H groups in total. The molecular formula is C9H11N3. The average Bonchev–Trinajstić information content (AvgIpc) is 2.50. The van der Waals surface area contributed by atoms with Crippen molar-refractivity contribution in [2.24, 2.45) is 0 Å². The molecule has 0 saturated carbocycles. The first-order valence-electron chi connectivity index (χ1n) is 4.20. The number of aromatic nitrogens is 3. The van der Waals surface area contributed by atoms with Crippen molar-refractivity contribution >= 4 is 5.65 Å². The van der Waals surface area contributed by atoms with E-state index in [2.05, 4.69) is 17.1 Å². The monoisotopic (exact) mass is 161 g/mol. The Bertz CT molecular complexity index is 378. The molecule has 2 rings (SSSR count). The fourth-order valence-electron chi connectivity index (χ4n) is 1.29. The smallest absolute Gasteiger partial charge is 0.160 e. The molecule has 12 heavy (non-hydrogen) atoms. The van der Waals surface area contributed by atoms with Gasteiger partial charge in [-0.2, -0.15) is 0 Å². The molecule has 0 atom stereocenters. The maximum atomic E-state index is 4.10. The van der Waals surface area contributed by atoms with Crippen molar-refractivity contribution in [3.8, 4) is 0 Å². The third-order valence-electron chi connectivity index (χ3n) is 1.86. The fraction of sp³-hybridized carbons (Fsp3) is 0.333. The highest BCUT2D eigenvalue weighted by molar-refractivity contribution is 5.36. The van der Waals surface area contributed by atoms with E-state index in [1.807, 2.05) is 28.8 Å². The third-order valence-corrected chi connectivity index (χ3v) is 1.86. The van der Waals surface area contributed by atoms with E-state index in [9.17, 15) is 0 Å². The van der Waals surface area contributed by atoms with Crippen LogP contribution in [0.25, 0.3) is 5.65 Å². The van der Waals surface area contributed by atoms with Gasteiger partial charge in [-0.1, -0.05) is 13.0 Å². The third kappa shape index (κ3) is 1.07. The minimum atomic E-state index is 0.931. The molecule has 0 bridgehead atoms. The molecule has 0 unspecified atom stereocenters. The van der Waals surface area contributed by atoms with E-state index in [-0.39, 0.29) is 0 Å². The summed E-state index contributed by atoms with van der Waals surface area (Å²) in [6, 6.07) is 5.93. The Morgan fingerprint density at radius 2 is 2.25 bits per heavy atom. The number of rotatable bonds is 2. The molecule has 3 nitrogen and oxygen atoms in total. The van der Waals surface area contributed by atoms with Gasteiger partial charge in [-0.3, -0.25) is 4.40 Å². The summed E-state index contributed by atoms with van der Waals surface area (Å²) in [7, 11) is 0. The summed E-state index contributed by atoms with van der Waals surface area (Å²) in [5, 5.41) is 8.15. The molecule has 0 aromatic carbocycles. The molecule has 0 amide bonds. The topological polar surface area (TPSA) is 30.2 Å². The molecule has 0 radical (unpaired) electrons. The van der Waals surface area contributed by atoms with Gasteiger partial charge in [-0.25, -0.2) is 0 Å². The highest BCUT2D eigenvalue weighted by atomic mass is 15.2. The Morgan fingerprint density at radius 1 is 1.33 bits per heavy atom. The Balaban J connectivity index is 2.55. The van der Waals surface area contributed by atoms with Crippen LogP contribution in [0.15, 0.2) is 24.4 Å². The highest BCUT2D eigenvalue weighted by Gasteiger charge is 2.01. The van der Waals surface area contributed by atoms with E-state index in [1.165, 1.54) is 0 Å². The van der Waals surface area contributed by atoms with Gasteiger partial charge in [0.05, 0.1) is 0 Å². The standard InChI is InChI=1S/C9H11N3/c1-2-5-8-10-11-9-6-3-4-7-12(8)9/h3-4,6-7H,2,5H2,1H3. The summed E-state index contributed by atoms with van der Waals surface area (Å²) in [4.78, 5) is 0. The summed E-state index contributed by atoms with van der Waals surface area (Å²) in [6.45, 7) is 2.14. The number of pyridine rings is 1. The molecule has 62 valence electrons. The lowest BCUT2D eigenvalue weighted by Gasteiger charge is -1.94. The largest absolute Gasteiger partial charge is 0.286 e. The van der Waals surface area contributed by atoms with Gasteiger partial charge in [0.15, 0.2) is 5.65 Å². The van der Waals surface area contributed by atoms with Crippen molar-refractivity contribution in [3.63, 3.8) is 0 Å². The van der Waals surface area contributed by atoms with E-state index >= 15 is 0 Å². The van der Waals surface area contributed by atoms with Crippen LogP contribution in [0.4, 0.5) is 0 Å². The Morgan fingerprint density at radius 3 is 3.08 bits per heavy atom. The number of nitrogens with zero attached hydrogens (tertiary/aromatic N) is 3.